The first-order chi connectivity index (χ1) is 9.58. The van der Waals surface area contributed by atoms with E-state index in [0.717, 1.165) is 11.3 Å². The monoisotopic (exact) mass is 294 g/mol. The van der Waals surface area contributed by atoms with Crippen molar-refractivity contribution >= 4 is 28.1 Å². The van der Waals surface area contributed by atoms with E-state index in [0.29, 0.717) is 17.4 Å². The van der Waals surface area contributed by atoms with Gasteiger partial charge in [-0.2, -0.15) is 0 Å². The van der Waals surface area contributed by atoms with Crippen molar-refractivity contribution in [1.29, 1.82) is 0 Å². The zero-order valence-corrected chi connectivity index (χ0v) is 12.1. The summed E-state index contributed by atoms with van der Waals surface area (Å²) in [4.78, 5) is 15.7. The average Bonchev–Trinajstić information content (AvgIpc) is 2.80. The summed E-state index contributed by atoms with van der Waals surface area (Å²) >= 11 is 1.39. The summed E-state index contributed by atoms with van der Waals surface area (Å²) in [5.74, 6) is -0.558. The zero-order valence-electron chi connectivity index (χ0n) is 11.3. The van der Waals surface area contributed by atoms with E-state index in [1.165, 1.54) is 23.5 Å². The number of hydrogen-bond donors (Lipinski definition) is 1. The molecule has 0 radical (unpaired) electrons. The van der Waals surface area contributed by atoms with Crippen molar-refractivity contribution in [3.8, 4) is 0 Å². The highest BCUT2D eigenvalue weighted by atomic mass is 32.1. The molecule has 2 rings (SSSR count). The number of benzene rings is 1. The van der Waals surface area contributed by atoms with E-state index >= 15 is 0 Å². The lowest BCUT2D eigenvalue weighted by molar-refractivity contribution is -0.142. The van der Waals surface area contributed by atoms with Gasteiger partial charge in [0.1, 0.15) is 5.82 Å². The number of ether oxygens (including phenoxy) is 1. The number of anilines is 2. The van der Waals surface area contributed by atoms with Gasteiger partial charge < -0.3 is 10.1 Å². The van der Waals surface area contributed by atoms with E-state index < -0.39 is 0 Å². The van der Waals surface area contributed by atoms with Crippen LogP contribution in [0.3, 0.4) is 0 Å². The van der Waals surface area contributed by atoms with Gasteiger partial charge in [0.15, 0.2) is 5.13 Å². The van der Waals surface area contributed by atoms with Gasteiger partial charge in [0.05, 0.1) is 18.7 Å². The van der Waals surface area contributed by atoms with E-state index in [1.54, 1.807) is 18.4 Å². The van der Waals surface area contributed by atoms with Crippen LogP contribution in [0, 0.1) is 12.7 Å². The molecule has 0 atom stereocenters. The van der Waals surface area contributed by atoms with Crippen molar-refractivity contribution in [1.82, 2.24) is 4.98 Å². The SMILES string of the molecule is CCOC(=O)Cc1csc(Nc2ccc(F)cc2C)n1. The van der Waals surface area contributed by atoms with Gasteiger partial charge in [0.2, 0.25) is 0 Å². The Morgan fingerprint density at radius 3 is 3.00 bits per heavy atom. The lowest BCUT2D eigenvalue weighted by atomic mass is 10.2. The minimum absolute atomic E-state index is 0.161. The molecule has 2 aromatic rings. The number of carbonyl (C=O) groups excluding carboxylic acids is 1. The van der Waals surface area contributed by atoms with Gasteiger partial charge in [-0.05, 0) is 37.6 Å². The first-order valence-electron chi connectivity index (χ1n) is 6.21. The molecule has 0 saturated carbocycles. The Morgan fingerprint density at radius 1 is 1.50 bits per heavy atom. The van der Waals surface area contributed by atoms with Crippen molar-refractivity contribution in [2.24, 2.45) is 0 Å². The second kappa shape index (κ2) is 6.47. The van der Waals surface area contributed by atoms with E-state index in [9.17, 15) is 9.18 Å². The molecular formula is C14H15FN2O2S. The molecule has 1 heterocycles. The summed E-state index contributed by atoms with van der Waals surface area (Å²) in [6, 6.07) is 4.51. The molecule has 0 amide bonds. The maximum absolute atomic E-state index is 13.0. The maximum Gasteiger partial charge on any atom is 0.311 e. The molecule has 4 nitrogen and oxygen atoms in total. The van der Waals surface area contributed by atoms with Gasteiger partial charge in [0.25, 0.3) is 0 Å². The fraction of sp³-hybridized carbons (Fsp3) is 0.286. The molecule has 106 valence electrons. The fourth-order valence-corrected chi connectivity index (χ4v) is 2.41. The Labute approximate surface area is 120 Å². The van der Waals surface area contributed by atoms with Gasteiger partial charge in [-0.25, -0.2) is 9.37 Å². The Balaban J connectivity index is 2.04. The summed E-state index contributed by atoms with van der Waals surface area (Å²) in [5.41, 5.74) is 2.26. The lowest BCUT2D eigenvalue weighted by Crippen LogP contribution is -2.07. The number of aryl methyl sites for hydroxylation is 1. The number of halogens is 1. The smallest absolute Gasteiger partial charge is 0.311 e. The van der Waals surface area contributed by atoms with Crippen molar-refractivity contribution in [3.63, 3.8) is 0 Å². The van der Waals surface area contributed by atoms with Crippen LogP contribution in [0.5, 0.6) is 0 Å². The van der Waals surface area contributed by atoms with E-state index in [2.05, 4.69) is 10.3 Å². The molecule has 20 heavy (non-hydrogen) atoms. The van der Waals surface area contributed by atoms with Crippen LogP contribution in [-0.4, -0.2) is 17.6 Å². The van der Waals surface area contributed by atoms with Crippen LogP contribution < -0.4 is 5.32 Å². The molecule has 0 bridgehead atoms. The van der Waals surface area contributed by atoms with Crippen molar-refractivity contribution in [2.75, 3.05) is 11.9 Å². The van der Waals surface area contributed by atoms with Gasteiger partial charge in [-0.15, -0.1) is 11.3 Å². The molecule has 1 aromatic carbocycles. The first-order valence-corrected chi connectivity index (χ1v) is 7.09. The molecule has 0 aliphatic carbocycles. The third-order valence-corrected chi connectivity index (χ3v) is 3.42. The van der Waals surface area contributed by atoms with Crippen molar-refractivity contribution in [3.05, 3.63) is 40.7 Å². The summed E-state index contributed by atoms with van der Waals surface area (Å²) in [5, 5.41) is 5.58. The lowest BCUT2D eigenvalue weighted by Gasteiger charge is -2.06. The quantitative estimate of drug-likeness (QED) is 0.858. The molecular weight excluding hydrogens is 279 g/mol. The Kier molecular flexibility index (Phi) is 4.68. The van der Waals surface area contributed by atoms with Gasteiger partial charge in [0, 0.05) is 11.1 Å². The number of thiazole rings is 1. The minimum Gasteiger partial charge on any atom is -0.466 e. The third-order valence-electron chi connectivity index (χ3n) is 2.61. The van der Waals surface area contributed by atoms with E-state index in [1.807, 2.05) is 6.92 Å². The molecule has 0 aliphatic heterocycles. The van der Waals surface area contributed by atoms with Crippen LogP contribution in [-0.2, 0) is 16.0 Å². The number of aromatic nitrogens is 1. The predicted octanol–water partition coefficient (Wildman–Crippen LogP) is 3.44. The second-order valence-corrected chi connectivity index (χ2v) is 5.07. The Hall–Kier alpha value is -1.95. The summed E-state index contributed by atoms with van der Waals surface area (Å²) in [6.07, 6.45) is 0.161. The normalized spacial score (nSPS) is 10.3. The molecule has 0 saturated heterocycles. The molecule has 0 fully saturated rings. The number of esters is 1. The van der Waals surface area contributed by atoms with Crippen LogP contribution in [0.1, 0.15) is 18.2 Å². The number of nitrogens with zero attached hydrogens (tertiary/aromatic N) is 1. The van der Waals surface area contributed by atoms with Crippen LogP contribution >= 0.6 is 11.3 Å². The fourth-order valence-electron chi connectivity index (χ4n) is 1.69. The Bertz CT molecular complexity index is 613. The number of nitrogens with one attached hydrogen (secondary N) is 1. The highest BCUT2D eigenvalue weighted by molar-refractivity contribution is 7.13. The molecule has 0 unspecified atom stereocenters. The number of hydrogen-bond acceptors (Lipinski definition) is 5. The number of carbonyl (C=O) groups is 1. The van der Waals surface area contributed by atoms with Crippen LogP contribution in [0.2, 0.25) is 0 Å². The largest absolute Gasteiger partial charge is 0.466 e. The minimum atomic E-state index is -0.290. The zero-order chi connectivity index (χ0) is 14.5. The third kappa shape index (κ3) is 3.77. The molecule has 6 heteroatoms. The standard InChI is InChI=1S/C14H15FN2O2S/c1-3-19-13(18)7-11-8-20-14(16-11)17-12-5-4-10(15)6-9(12)2/h4-6,8H,3,7H2,1-2H3,(H,16,17). The van der Waals surface area contributed by atoms with E-state index in [-0.39, 0.29) is 18.2 Å². The molecule has 0 aliphatic rings. The second-order valence-electron chi connectivity index (χ2n) is 4.21. The highest BCUT2D eigenvalue weighted by Crippen LogP contribution is 2.24. The van der Waals surface area contributed by atoms with Crippen molar-refractivity contribution < 1.29 is 13.9 Å². The Morgan fingerprint density at radius 2 is 2.30 bits per heavy atom. The van der Waals surface area contributed by atoms with E-state index in [4.69, 9.17) is 4.74 Å². The highest BCUT2D eigenvalue weighted by Gasteiger charge is 2.09. The summed E-state index contributed by atoms with van der Waals surface area (Å²) < 4.78 is 17.9. The van der Waals surface area contributed by atoms with Gasteiger partial charge in [-0.3, -0.25) is 4.79 Å². The van der Waals surface area contributed by atoms with Crippen LogP contribution in [0.4, 0.5) is 15.2 Å². The van der Waals surface area contributed by atoms with Gasteiger partial charge >= 0.3 is 5.97 Å². The van der Waals surface area contributed by atoms with Crippen molar-refractivity contribution in [2.45, 2.75) is 20.3 Å². The van der Waals surface area contributed by atoms with Gasteiger partial charge in [-0.1, -0.05) is 0 Å². The molecule has 1 aromatic heterocycles. The first kappa shape index (κ1) is 14.5. The maximum atomic E-state index is 13.0. The topological polar surface area (TPSA) is 51.2 Å². The molecule has 0 spiro atoms. The number of rotatable bonds is 5. The van der Waals surface area contributed by atoms with Crippen LogP contribution in [0.15, 0.2) is 23.6 Å². The molecule has 1 N–H and O–H groups in total. The predicted molar refractivity (Wildman–Crippen MR) is 76.9 cm³/mol. The summed E-state index contributed by atoms with van der Waals surface area (Å²) in [7, 11) is 0. The van der Waals surface area contributed by atoms with Crippen LogP contribution in [0.25, 0.3) is 0 Å². The summed E-state index contributed by atoms with van der Waals surface area (Å²) in [6.45, 7) is 3.95. The average molecular weight is 294 g/mol.